The summed E-state index contributed by atoms with van der Waals surface area (Å²) in [6.07, 6.45) is 2.19. The van der Waals surface area contributed by atoms with Gasteiger partial charge in [0, 0.05) is 6.54 Å². The van der Waals surface area contributed by atoms with E-state index in [9.17, 15) is 14.7 Å². The van der Waals surface area contributed by atoms with Gasteiger partial charge in [-0.2, -0.15) is 5.10 Å². The minimum absolute atomic E-state index is 0.0309. The first-order chi connectivity index (χ1) is 9.41. The van der Waals surface area contributed by atoms with Crippen molar-refractivity contribution in [3.05, 3.63) is 16.4 Å². The molecule has 0 radical (unpaired) electrons. The molecule has 0 aliphatic carbocycles. The molecular formula is C13H18ClN3O3. The minimum atomic E-state index is -0.940. The van der Waals surface area contributed by atoms with E-state index in [0.29, 0.717) is 23.7 Å². The summed E-state index contributed by atoms with van der Waals surface area (Å²) < 4.78 is 1.54. The summed E-state index contributed by atoms with van der Waals surface area (Å²) in [5.74, 6) is -1.16. The highest BCUT2D eigenvalue weighted by Gasteiger charge is 2.32. The second-order valence-corrected chi connectivity index (χ2v) is 5.46. The molecule has 20 heavy (non-hydrogen) atoms. The number of nitrogens with zero attached hydrogens (tertiary/aromatic N) is 3. The molecule has 0 spiro atoms. The third-order valence-electron chi connectivity index (χ3n) is 3.69. The van der Waals surface area contributed by atoms with Crippen LogP contribution in [0.1, 0.15) is 30.7 Å². The van der Waals surface area contributed by atoms with Crippen molar-refractivity contribution in [1.29, 1.82) is 0 Å². The number of likely N-dealkylation sites (tertiary alicyclic amines) is 1. The number of carboxylic acid groups (broad SMARTS) is 1. The van der Waals surface area contributed by atoms with Gasteiger partial charge in [-0.3, -0.25) is 9.48 Å². The van der Waals surface area contributed by atoms with Crippen molar-refractivity contribution in [2.45, 2.75) is 45.7 Å². The molecule has 1 unspecified atom stereocenters. The Hall–Kier alpha value is -1.56. The van der Waals surface area contributed by atoms with E-state index in [1.807, 2.05) is 0 Å². The fourth-order valence-corrected chi connectivity index (χ4v) is 2.67. The fraction of sp³-hybridized carbons (Fsp3) is 0.615. The number of hydrogen-bond donors (Lipinski definition) is 1. The normalized spacial score (nSPS) is 19.1. The maximum atomic E-state index is 12.3. The molecule has 1 aliphatic rings. The third kappa shape index (κ3) is 2.80. The Bertz CT molecular complexity index is 541. The van der Waals surface area contributed by atoms with E-state index in [0.717, 1.165) is 18.5 Å². The van der Waals surface area contributed by atoms with Crippen molar-refractivity contribution in [2.24, 2.45) is 0 Å². The topological polar surface area (TPSA) is 75.4 Å². The Morgan fingerprint density at radius 2 is 2.10 bits per heavy atom. The Morgan fingerprint density at radius 3 is 2.65 bits per heavy atom. The zero-order valence-electron chi connectivity index (χ0n) is 11.6. The molecule has 1 fully saturated rings. The standard InChI is InChI=1S/C13H18ClN3O3/c1-8-12(14)9(2)17(15-8)7-11(18)16-6-4-3-5-10(16)13(19)20/h10H,3-7H2,1-2H3,(H,19,20). The monoisotopic (exact) mass is 299 g/mol. The molecule has 110 valence electrons. The van der Waals surface area contributed by atoms with Crippen LogP contribution in [-0.4, -0.2) is 44.3 Å². The number of aromatic nitrogens is 2. The number of hydrogen-bond acceptors (Lipinski definition) is 3. The summed E-state index contributed by atoms with van der Waals surface area (Å²) in [5.41, 5.74) is 1.40. The van der Waals surface area contributed by atoms with Crippen LogP contribution in [-0.2, 0) is 16.1 Å². The van der Waals surface area contributed by atoms with E-state index >= 15 is 0 Å². The molecule has 1 atom stereocenters. The molecular weight excluding hydrogens is 282 g/mol. The molecule has 2 rings (SSSR count). The number of halogens is 1. The number of carbonyl (C=O) groups is 2. The lowest BCUT2D eigenvalue weighted by Crippen LogP contribution is -2.49. The van der Waals surface area contributed by atoms with Gasteiger partial charge in [-0.25, -0.2) is 4.79 Å². The number of carboxylic acids is 1. The molecule has 1 aromatic heterocycles. The van der Waals surface area contributed by atoms with Gasteiger partial charge in [0.1, 0.15) is 12.6 Å². The average Bonchev–Trinajstić information content (AvgIpc) is 2.66. The summed E-state index contributed by atoms with van der Waals surface area (Å²) in [4.78, 5) is 25.0. The molecule has 0 saturated carbocycles. The van der Waals surface area contributed by atoms with Gasteiger partial charge in [0.2, 0.25) is 5.91 Å². The second-order valence-electron chi connectivity index (χ2n) is 5.08. The highest BCUT2D eigenvalue weighted by molar-refractivity contribution is 6.31. The van der Waals surface area contributed by atoms with Crippen molar-refractivity contribution in [3.8, 4) is 0 Å². The molecule has 0 aromatic carbocycles. The summed E-state index contributed by atoms with van der Waals surface area (Å²) in [7, 11) is 0. The van der Waals surface area contributed by atoms with Gasteiger partial charge in [-0.15, -0.1) is 0 Å². The Kier molecular flexibility index (Phi) is 4.32. The van der Waals surface area contributed by atoms with E-state index in [1.165, 1.54) is 9.58 Å². The van der Waals surface area contributed by atoms with Crippen LogP contribution in [0.15, 0.2) is 0 Å². The van der Waals surface area contributed by atoms with Crippen LogP contribution in [0, 0.1) is 13.8 Å². The van der Waals surface area contributed by atoms with Crippen molar-refractivity contribution >= 4 is 23.5 Å². The predicted molar refractivity (Wildman–Crippen MR) is 73.7 cm³/mol. The number of aryl methyl sites for hydroxylation is 1. The van der Waals surface area contributed by atoms with Crippen LogP contribution in [0.5, 0.6) is 0 Å². The Morgan fingerprint density at radius 1 is 1.40 bits per heavy atom. The van der Waals surface area contributed by atoms with Gasteiger partial charge >= 0.3 is 5.97 Å². The van der Waals surface area contributed by atoms with Crippen LogP contribution in [0.3, 0.4) is 0 Å². The molecule has 2 heterocycles. The first-order valence-corrected chi connectivity index (χ1v) is 7.01. The van der Waals surface area contributed by atoms with Crippen LogP contribution in [0.2, 0.25) is 5.02 Å². The zero-order valence-corrected chi connectivity index (χ0v) is 12.4. The van der Waals surface area contributed by atoms with Crippen molar-refractivity contribution < 1.29 is 14.7 Å². The molecule has 1 aliphatic heterocycles. The fourth-order valence-electron chi connectivity index (χ4n) is 2.53. The number of rotatable bonds is 3. The first kappa shape index (κ1) is 14.8. The van der Waals surface area contributed by atoms with Crippen LogP contribution >= 0.6 is 11.6 Å². The zero-order chi connectivity index (χ0) is 14.9. The lowest BCUT2D eigenvalue weighted by Gasteiger charge is -2.33. The van der Waals surface area contributed by atoms with E-state index in [2.05, 4.69) is 5.10 Å². The van der Waals surface area contributed by atoms with E-state index in [1.54, 1.807) is 13.8 Å². The van der Waals surface area contributed by atoms with Crippen LogP contribution in [0.4, 0.5) is 0 Å². The third-order valence-corrected chi connectivity index (χ3v) is 4.23. The lowest BCUT2D eigenvalue weighted by atomic mass is 10.0. The van der Waals surface area contributed by atoms with Crippen molar-refractivity contribution in [3.63, 3.8) is 0 Å². The summed E-state index contributed by atoms with van der Waals surface area (Å²) in [5, 5.41) is 13.9. The molecule has 1 saturated heterocycles. The number of aliphatic carboxylic acids is 1. The van der Waals surface area contributed by atoms with E-state index in [4.69, 9.17) is 11.6 Å². The van der Waals surface area contributed by atoms with Gasteiger partial charge in [0.05, 0.1) is 16.4 Å². The predicted octanol–water partition coefficient (Wildman–Crippen LogP) is 1.62. The smallest absolute Gasteiger partial charge is 0.326 e. The van der Waals surface area contributed by atoms with Crippen molar-refractivity contribution in [2.75, 3.05) is 6.54 Å². The summed E-state index contributed by atoms with van der Waals surface area (Å²) in [6, 6.07) is -0.719. The molecule has 1 aromatic rings. The number of piperidine rings is 1. The average molecular weight is 300 g/mol. The van der Waals surface area contributed by atoms with Gasteiger partial charge < -0.3 is 10.0 Å². The molecule has 0 bridgehead atoms. The lowest BCUT2D eigenvalue weighted by molar-refractivity contribution is -0.152. The molecule has 1 amide bonds. The maximum Gasteiger partial charge on any atom is 0.326 e. The highest BCUT2D eigenvalue weighted by Crippen LogP contribution is 2.21. The molecule has 7 heteroatoms. The van der Waals surface area contributed by atoms with E-state index in [-0.39, 0.29) is 12.5 Å². The summed E-state index contributed by atoms with van der Waals surface area (Å²) >= 11 is 6.04. The van der Waals surface area contributed by atoms with Gasteiger partial charge in [-0.1, -0.05) is 11.6 Å². The molecule has 1 N–H and O–H groups in total. The molecule has 6 nitrogen and oxygen atoms in total. The van der Waals surface area contributed by atoms with Crippen LogP contribution < -0.4 is 0 Å². The second kappa shape index (κ2) is 5.83. The quantitative estimate of drug-likeness (QED) is 0.920. The van der Waals surface area contributed by atoms with Gasteiger partial charge in [-0.05, 0) is 33.1 Å². The first-order valence-electron chi connectivity index (χ1n) is 6.63. The van der Waals surface area contributed by atoms with Gasteiger partial charge in [0.15, 0.2) is 0 Å². The largest absolute Gasteiger partial charge is 0.480 e. The SMILES string of the molecule is Cc1nn(CC(=O)N2CCCCC2C(=O)O)c(C)c1Cl. The van der Waals surface area contributed by atoms with Gasteiger partial charge in [0.25, 0.3) is 0 Å². The van der Waals surface area contributed by atoms with E-state index < -0.39 is 12.0 Å². The Balaban J connectivity index is 2.14. The van der Waals surface area contributed by atoms with Crippen molar-refractivity contribution in [1.82, 2.24) is 14.7 Å². The number of amides is 1. The highest BCUT2D eigenvalue weighted by atomic mass is 35.5. The summed E-state index contributed by atoms with van der Waals surface area (Å²) in [6.45, 7) is 4.09. The minimum Gasteiger partial charge on any atom is -0.480 e. The maximum absolute atomic E-state index is 12.3. The Labute approximate surface area is 122 Å². The van der Waals surface area contributed by atoms with Crippen LogP contribution in [0.25, 0.3) is 0 Å². The number of carbonyl (C=O) groups excluding carboxylic acids is 1.